The Morgan fingerprint density at radius 2 is 1.57 bits per heavy atom. The van der Waals surface area contributed by atoms with Crippen molar-refractivity contribution in [2.24, 2.45) is 5.92 Å². The maximum Gasteiger partial charge on any atom is 0.131 e. The molecule has 0 saturated heterocycles. The molecule has 0 fully saturated rings. The predicted octanol–water partition coefficient (Wildman–Crippen LogP) is 2.85. The van der Waals surface area contributed by atoms with Crippen molar-refractivity contribution in [3.63, 3.8) is 0 Å². The highest BCUT2D eigenvalue weighted by molar-refractivity contribution is 5.25. The zero-order chi connectivity index (χ0) is 16.0. The fourth-order valence-electron chi connectivity index (χ4n) is 2.39. The minimum atomic E-state index is 0.156. The minimum Gasteiger partial charge on any atom is -0.381 e. The summed E-state index contributed by atoms with van der Waals surface area (Å²) in [5, 5.41) is 3.49. The van der Waals surface area contributed by atoms with Gasteiger partial charge in [-0.25, -0.2) is 9.97 Å². The van der Waals surface area contributed by atoms with E-state index in [0.717, 1.165) is 36.6 Å². The molecule has 0 bridgehead atoms. The molecule has 0 aliphatic heterocycles. The topological polar surface area (TPSA) is 47.0 Å². The second kappa shape index (κ2) is 8.44. The Kier molecular flexibility index (Phi) is 7.26. The van der Waals surface area contributed by atoms with Gasteiger partial charge < -0.3 is 10.1 Å². The normalized spacial score (nSPS) is 14.5. The maximum absolute atomic E-state index is 5.29. The van der Waals surface area contributed by atoms with Gasteiger partial charge in [0.25, 0.3) is 0 Å². The van der Waals surface area contributed by atoms with Gasteiger partial charge in [0.05, 0.1) is 6.10 Å². The fourth-order valence-corrected chi connectivity index (χ4v) is 2.39. The first kappa shape index (κ1) is 18.1. The lowest BCUT2D eigenvalue weighted by atomic mass is 9.98. The molecule has 1 aromatic heterocycles. The Morgan fingerprint density at radius 3 is 2.05 bits per heavy atom. The van der Waals surface area contributed by atoms with E-state index < -0.39 is 0 Å². The molecule has 0 spiro atoms. The van der Waals surface area contributed by atoms with E-state index in [2.05, 4.69) is 49.9 Å². The third kappa shape index (κ3) is 6.10. The summed E-state index contributed by atoms with van der Waals surface area (Å²) in [6, 6.07) is 0.531. The molecule has 0 aliphatic carbocycles. The molecule has 4 heteroatoms. The number of aryl methyl sites for hydroxylation is 2. The van der Waals surface area contributed by atoms with E-state index >= 15 is 0 Å². The first-order chi connectivity index (χ1) is 9.83. The molecule has 1 rings (SSSR count). The average molecular weight is 293 g/mol. The summed E-state index contributed by atoms with van der Waals surface area (Å²) in [5.74, 6) is 1.47. The van der Waals surface area contributed by atoms with Gasteiger partial charge >= 0.3 is 0 Å². The molecule has 2 unspecified atom stereocenters. The largest absolute Gasteiger partial charge is 0.381 e. The zero-order valence-electron chi connectivity index (χ0n) is 14.7. The minimum absolute atomic E-state index is 0.156. The summed E-state index contributed by atoms with van der Waals surface area (Å²) in [5.41, 5.74) is 3.51. The van der Waals surface area contributed by atoms with Gasteiger partial charge in [0.1, 0.15) is 5.82 Å². The standard InChI is InChI=1S/C17H31N3O/c1-11(2)18-10-12(3)8-16-14(5)19-17(20-15(16)6)9-13(4)21-7/h11-13,18H,8-10H2,1-7H3. The Hall–Kier alpha value is -1.00. The third-order valence-electron chi connectivity index (χ3n) is 3.77. The monoisotopic (exact) mass is 293 g/mol. The van der Waals surface area contributed by atoms with Crippen LogP contribution < -0.4 is 5.32 Å². The summed E-state index contributed by atoms with van der Waals surface area (Å²) in [4.78, 5) is 9.32. The lowest BCUT2D eigenvalue weighted by Crippen LogP contribution is -2.29. The van der Waals surface area contributed by atoms with Crippen LogP contribution in [0.15, 0.2) is 0 Å². The third-order valence-corrected chi connectivity index (χ3v) is 3.77. The lowest BCUT2D eigenvalue weighted by molar-refractivity contribution is 0.117. The molecule has 4 nitrogen and oxygen atoms in total. The van der Waals surface area contributed by atoms with E-state index in [9.17, 15) is 0 Å². The van der Waals surface area contributed by atoms with Crippen LogP contribution in [-0.4, -0.2) is 35.8 Å². The van der Waals surface area contributed by atoms with Crippen molar-refractivity contribution >= 4 is 0 Å². The Morgan fingerprint density at radius 1 is 1.00 bits per heavy atom. The predicted molar refractivity (Wildman–Crippen MR) is 87.7 cm³/mol. The molecule has 2 atom stereocenters. The highest BCUT2D eigenvalue weighted by atomic mass is 16.5. The highest BCUT2D eigenvalue weighted by Gasteiger charge is 2.13. The fraction of sp³-hybridized carbons (Fsp3) is 0.765. The summed E-state index contributed by atoms with van der Waals surface area (Å²) in [7, 11) is 1.72. The summed E-state index contributed by atoms with van der Waals surface area (Å²) in [6.07, 6.45) is 1.95. The molecule has 0 aromatic carbocycles. The van der Waals surface area contributed by atoms with E-state index in [-0.39, 0.29) is 6.10 Å². The van der Waals surface area contributed by atoms with Gasteiger partial charge in [0, 0.05) is 31.0 Å². The molecule has 1 heterocycles. The van der Waals surface area contributed by atoms with Crippen molar-refractivity contribution < 1.29 is 4.74 Å². The van der Waals surface area contributed by atoms with Crippen molar-refractivity contribution in [3.8, 4) is 0 Å². The number of aromatic nitrogens is 2. The van der Waals surface area contributed by atoms with Crippen molar-refractivity contribution in [3.05, 3.63) is 22.8 Å². The van der Waals surface area contributed by atoms with Crippen LogP contribution in [0, 0.1) is 19.8 Å². The first-order valence-corrected chi connectivity index (χ1v) is 7.92. The molecular weight excluding hydrogens is 262 g/mol. The van der Waals surface area contributed by atoms with E-state index in [4.69, 9.17) is 4.74 Å². The Bertz CT molecular complexity index is 423. The van der Waals surface area contributed by atoms with Gasteiger partial charge in [-0.15, -0.1) is 0 Å². The molecule has 1 N–H and O–H groups in total. The molecule has 0 aliphatic rings. The van der Waals surface area contributed by atoms with Crippen LogP contribution in [0.2, 0.25) is 0 Å². The van der Waals surface area contributed by atoms with E-state index in [0.29, 0.717) is 12.0 Å². The molecular formula is C17H31N3O. The van der Waals surface area contributed by atoms with Crippen LogP contribution >= 0.6 is 0 Å². The van der Waals surface area contributed by atoms with E-state index in [1.54, 1.807) is 7.11 Å². The Balaban J connectivity index is 2.75. The van der Waals surface area contributed by atoms with Gasteiger partial charge in [0.15, 0.2) is 0 Å². The van der Waals surface area contributed by atoms with Gasteiger partial charge in [-0.05, 0) is 45.2 Å². The molecule has 1 aromatic rings. The van der Waals surface area contributed by atoms with Gasteiger partial charge in [-0.3, -0.25) is 0 Å². The number of methoxy groups -OCH3 is 1. The molecule has 0 radical (unpaired) electrons. The van der Waals surface area contributed by atoms with E-state index in [1.165, 1.54) is 5.56 Å². The van der Waals surface area contributed by atoms with Crippen molar-refractivity contribution in [2.45, 2.75) is 66.5 Å². The van der Waals surface area contributed by atoms with E-state index in [1.807, 2.05) is 6.92 Å². The Labute approximate surface area is 129 Å². The van der Waals surface area contributed by atoms with Crippen molar-refractivity contribution in [2.75, 3.05) is 13.7 Å². The zero-order valence-corrected chi connectivity index (χ0v) is 14.7. The summed E-state index contributed by atoms with van der Waals surface area (Å²) in [6.45, 7) is 13.9. The van der Waals surface area contributed by atoms with Gasteiger partial charge in [-0.2, -0.15) is 0 Å². The van der Waals surface area contributed by atoms with Crippen LogP contribution in [0.25, 0.3) is 0 Å². The van der Waals surface area contributed by atoms with Crippen LogP contribution in [0.3, 0.4) is 0 Å². The van der Waals surface area contributed by atoms with Crippen molar-refractivity contribution in [1.82, 2.24) is 15.3 Å². The molecule has 120 valence electrons. The molecule has 0 amide bonds. The number of ether oxygens (including phenoxy) is 1. The first-order valence-electron chi connectivity index (χ1n) is 7.92. The van der Waals surface area contributed by atoms with Gasteiger partial charge in [0.2, 0.25) is 0 Å². The summed E-state index contributed by atoms with van der Waals surface area (Å²) >= 11 is 0. The van der Waals surface area contributed by atoms with Gasteiger partial charge in [-0.1, -0.05) is 20.8 Å². The molecule has 21 heavy (non-hydrogen) atoms. The summed E-state index contributed by atoms with van der Waals surface area (Å²) < 4.78 is 5.29. The SMILES string of the molecule is COC(C)Cc1nc(C)c(CC(C)CNC(C)C)c(C)n1. The van der Waals surface area contributed by atoms with Crippen LogP contribution in [0.5, 0.6) is 0 Å². The van der Waals surface area contributed by atoms with Crippen molar-refractivity contribution in [1.29, 1.82) is 0 Å². The highest BCUT2D eigenvalue weighted by Crippen LogP contribution is 2.16. The number of nitrogens with one attached hydrogen (secondary N) is 1. The number of rotatable bonds is 8. The van der Waals surface area contributed by atoms with Crippen LogP contribution in [0.1, 0.15) is 50.5 Å². The second-order valence-electron chi connectivity index (χ2n) is 6.41. The number of hydrogen-bond donors (Lipinski definition) is 1. The smallest absolute Gasteiger partial charge is 0.131 e. The van der Waals surface area contributed by atoms with Crippen LogP contribution in [-0.2, 0) is 17.6 Å². The average Bonchev–Trinajstić information content (AvgIpc) is 2.40. The number of nitrogens with zero attached hydrogens (tertiary/aromatic N) is 2. The molecule has 0 saturated carbocycles. The second-order valence-corrected chi connectivity index (χ2v) is 6.41. The maximum atomic E-state index is 5.29. The lowest BCUT2D eigenvalue weighted by Gasteiger charge is -2.18. The quantitative estimate of drug-likeness (QED) is 0.800. The number of hydrogen-bond acceptors (Lipinski definition) is 4. The van der Waals surface area contributed by atoms with Crippen LogP contribution in [0.4, 0.5) is 0 Å².